The van der Waals surface area contributed by atoms with Gasteiger partial charge in [0.15, 0.2) is 5.78 Å². The van der Waals surface area contributed by atoms with Crippen molar-refractivity contribution in [3.05, 3.63) is 35.4 Å². The van der Waals surface area contributed by atoms with Crippen LogP contribution < -0.4 is 0 Å². The molecule has 1 aliphatic heterocycles. The minimum Gasteiger partial charge on any atom is -0.335 e. The summed E-state index contributed by atoms with van der Waals surface area (Å²) in [6, 6.07) is 8.47. The van der Waals surface area contributed by atoms with E-state index in [-0.39, 0.29) is 18.2 Å². The van der Waals surface area contributed by atoms with Crippen LogP contribution in [0.3, 0.4) is 0 Å². The number of hydrogen-bond acceptors (Lipinski definition) is 3. The van der Waals surface area contributed by atoms with Gasteiger partial charge in [0.05, 0.1) is 18.2 Å². The van der Waals surface area contributed by atoms with Gasteiger partial charge in [-0.25, -0.2) is 0 Å². The zero-order valence-corrected chi connectivity index (χ0v) is 9.35. The number of ketones is 1. The van der Waals surface area contributed by atoms with Crippen LogP contribution in [0.15, 0.2) is 24.3 Å². The monoisotopic (exact) mass is 228 g/mol. The minimum atomic E-state index is -0.0789. The number of amides is 1. The SMILES string of the molecule is N#Cc1ccc(C(=O)CN2CCCC2=O)cc1. The molecule has 4 heteroatoms. The number of nitrogens with zero attached hydrogens (tertiary/aromatic N) is 2. The molecule has 0 atom stereocenters. The molecule has 86 valence electrons. The highest BCUT2D eigenvalue weighted by Gasteiger charge is 2.22. The predicted molar refractivity (Wildman–Crippen MR) is 61.3 cm³/mol. The number of carbonyl (C=O) groups is 2. The second-order valence-electron chi connectivity index (χ2n) is 4.03. The summed E-state index contributed by atoms with van der Waals surface area (Å²) in [5.41, 5.74) is 1.07. The quantitative estimate of drug-likeness (QED) is 0.734. The zero-order chi connectivity index (χ0) is 12.3. The lowest BCUT2D eigenvalue weighted by molar-refractivity contribution is -0.127. The number of carbonyl (C=O) groups excluding carboxylic acids is 2. The van der Waals surface area contributed by atoms with Gasteiger partial charge in [-0.05, 0) is 18.6 Å². The third-order valence-electron chi connectivity index (χ3n) is 2.84. The molecule has 0 N–H and O–H groups in total. The van der Waals surface area contributed by atoms with E-state index in [2.05, 4.69) is 0 Å². The van der Waals surface area contributed by atoms with E-state index in [1.54, 1.807) is 29.2 Å². The number of likely N-dealkylation sites (tertiary alicyclic amines) is 1. The standard InChI is InChI=1S/C13H12N2O2/c14-8-10-3-5-11(6-4-10)12(16)9-15-7-1-2-13(15)17/h3-6H,1-2,7,9H2. The Morgan fingerprint density at radius 2 is 2.06 bits per heavy atom. The molecule has 1 fully saturated rings. The van der Waals surface area contributed by atoms with Gasteiger partial charge in [-0.15, -0.1) is 0 Å². The lowest BCUT2D eigenvalue weighted by Gasteiger charge is -2.14. The van der Waals surface area contributed by atoms with Crippen molar-refractivity contribution in [3.63, 3.8) is 0 Å². The lowest BCUT2D eigenvalue weighted by Crippen LogP contribution is -2.30. The van der Waals surface area contributed by atoms with Gasteiger partial charge >= 0.3 is 0 Å². The number of rotatable bonds is 3. The van der Waals surface area contributed by atoms with Crippen molar-refractivity contribution in [1.29, 1.82) is 5.26 Å². The molecule has 17 heavy (non-hydrogen) atoms. The molecule has 1 aromatic carbocycles. The summed E-state index contributed by atoms with van der Waals surface area (Å²) >= 11 is 0. The van der Waals surface area contributed by atoms with Crippen LogP contribution in [0.4, 0.5) is 0 Å². The Kier molecular flexibility index (Phi) is 3.20. The van der Waals surface area contributed by atoms with E-state index in [0.717, 1.165) is 6.42 Å². The average Bonchev–Trinajstić information content (AvgIpc) is 2.75. The molecule has 1 heterocycles. The van der Waals surface area contributed by atoms with E-state index in [9.17, 15) is 9.59 Å². The van der Waals surface area contributed by atoms with Gasteiger partial charge < -0.3 is 4.90 Å². The van der Waals surface area contributed by atoms with Crippen molar-refractivity contribution in [2.45, 2.75) is 12.8 Å². The first-order valence-corrected chi connectivity index (χ1v) is 5.52. The summed E-state index contributed by atoms with van der Waals surface area (Å²) in [4.78, 5) is 24.8. The molecule has 1 saturated heterocycles. The molecular formula is C13H12N2O2. The van der Waals surface area contributed by atoms with E-state index < -0.39 is 0 Å². The fourth-order valence-corrected chi connectivity index (χ4v) is 1.87. The first-order valence-electron chi connectivity index (χ1n) is 5.52. The number of nitriles is 1. The Hall–Kier alpha value is -2.15. The molecule has 0 spiro atoms. The van der Waals surface area contributed by atoms with Crippen molar-refractivity contribution in [3.8, 4) is 6.07 Å². The molecule has 0 bridgehead atoms. The lowest BCUT2D eigenvalue weighted by atomic mass is 10.1. The van der Waals surface area contributed by atoms with E-state index in [1.165, 1.54) is 0 Å². The van der Waals surface area contributed by atoms with Crippen LogP contribution in [-0.2, 0) is 4.79 Å². The summed E-state index contributed by atoms with van der Waals surface area (Å²) < 4.78 is 0. The van der Waals surface area contributed by atoms with Crippen LogP contribution >= 0.6 is 0 Å². The molecular weight excluding hydrogens is 216 g/mol. The molecule has 2 rings (SSSR count). The van der Waals surface area contributed by atoms with Crippen LogP contribution in [0.1, 0.15) is 28.8 Å². The van der Waals surface area contributed by atoms with Gasteiger partial charge in [-0.1, -0.05) is 12.1 Å². The molecule has 0 radical (unpaired) electrons. The van der Waals surface area contributed by atoms with Gasteiger partial charge in [-0.3, -0.25) is 9.59 Å². The zero-order valence-electron chi connectivity index (χ0n) is 9.35. The van der Waals surface area contributed by atoms with Crippen LogP contribution in [-0.4, -0.2) is 29.7 Å². The van der Waals surface area contributed by atoms with Gasteiger partial charge in [0, 0.05) is 18.5 Å². The molecule has 1 aromatic rings. The number of benzene rings is 1. The van der Waals surface area contributed by atoms with Crippen LogP contribution in [0.2, 0.25) is 0 Å². The van der Waals surface area contributed by atoms with Crippen LogP contribution in [0.25, 0.3) is 0 Å². The molecule has 1 amide bonds. The van der Waals surface area contributed by atoms with Crippen LogP contribution in [0, 0.1) is 11.3 Å². The maximum atomic E-state index is 11.9. The highest BCUT2D eigenvalue weighted by molar-refractivity contribution is 5.99. The van der Waals surface area contributed by atoms with E-state index in [4.69, 9.17) is 5.26 Å². The van der Waals surface area contributed by atoms with Gasteiger partial charge in [0.25, 0.3) is 0 Å². The van der Waals surface area contributed by atoms with E-state index in [1.807, 2.05) is 6.07 Å². The minimum absolute atomic E-state index is 0.0481. The van der Waals surface area contributed by atoms with Gasteiger partial charge in [-0.2, -0.15) is 5.26 Å². The average molecular weight is 228 g/mol. The van der Waals surface area contributed by atoms with E-state index >= 15 is 0 Å². The van der Waals surface area contributed by atoms with Gasteiger partial charge in [0.1, 0.15) is 0 Å². The van der Waals surface area contributed by atoms with Crippen molar-refractivity contribution >= 4 is 11.7 Å². The Bertz CT molecular complexity index is 485. The third-order valence-corrected chi connectivity index (χ3v) is 2.84. The molecule has 0 aromatic heterocycles. The summed E-state index contributed by atoms with van der Waals surface area (Å²) in [6.45, 7) is 0.811. The molecule has 0 saturated carbocycles. The summed E-state index contributed by atoms with van der Waals surface area (Å²) in [5.74, 6) is -0.0308. The third kappa shape index (κ3) is 2.51. The number of Topliss-reactive ketones (excluding diaryl/α,β-unsaturated/α-hetero) is 1. The van der Waals surface area contributed by atoms with Crippen molar-refractivity contribution in [1.82, 2.24) is 4.90 Å². The summed E-state index contributed by atoms with van der Waals surface area (Å²) in [6.07, 6.45) is 1.38. The molecule has 0 aliphatic carbocycles. The second-order valence-corrected chi connectivity index (χ2v) is 4.03. The Morgan fingerprint density at radius 1 is 1.35 bits per heavy atom. The normalized spacial score (nSPS) is 14.8. The Balaban J connectivity index is 2.04. The highest BCUT2D eigenvalue weighted by atomic mass is 16.2. The highest BCUT2D eigenvalue weighted by Crippen LogP contribution is 2.11. The predicted octanol–water partition coefficient (Wildman–Crippen LogP) is 1.36. The molecule has 0 unspecified atom stereocenters. The smallest absolute Gasteiger partial charge is 0.223 e. The van der Waals surface area contributed by atoms with Crippen molar-refractivity contribution in [2.75, 3.05) is 13.1 Å². The van der Waals surface area contributed by atoms with Gasteiger partial charge in [0.2, 0.25) is 5.91 Å². The second kappa shape index (κ2) is 4.79. The largest absolute Gasteiger partial charge is 0.335 e. The number of hydrogen-bond donors (Lipinski definition) is 0. The Labute approximate surface area is 99.5 Å². The first-order chi connectivity index (χ1) is 8.20. The van der Waals surface area contributed by atoms with Crippen molar-refractivity contribution < 1.29 is 9.59 Å². The molecule has 4 nitrogen and oxygen atoms in total. The van der Waals surface area contributed by atoms with Crippen LogP contribution in [0.5, 0.6) is 0 Å². The van der Waals surface area contributed by atoms with E-state index in [0.29, 0.717) is 24.1 Å². The van der Waals surface area contributed by atoms with Crippen molar-refractivity contribution in [2.24, 2.45) is 0 Å². The maximum absolute atomic E-state index is 11.9. The summed E-state index contributed by atoms with van der Waals surface area (Å²) in [7, 11) is 0. The molecule has 1 aliphatic rings. The first kappa shape index (κ1) is 11.3. The fraction of sp³-hybridized carbons (Fsp3) is 0.308. The summed E-state index contributed by atoms with van der Waals surface area (Å²) in [5, 5.41) is 8.64. The fourth-order valence-electron chi connectivity index (χ4n) is 1.87. The Morgan fingerprint density at radius 3 is 2.59 bits per heavy atom. The maximum Gasteiger partial charge on any atom is 0.223 e. The topological polar surface area (TPSA) is 61.2 Å².